The van der Waals surface area contributed by atoms with Crippen LogP contribution in [0.25, 0.3) is 22.4 Å². The monoisotopic (exact) mass is 382 g/mol. The lowest BCUT2D eigenvalue weighted by atomic mass is 10.1. The van der Waals surface area contributed by atoms with Crippen molar-refractivity contribution in [3.63, 3.8) is 0 Å². The molecule has 0 N–H and O–H groups in total. The van der Waals surface area contributed by atoms with E-state index in [9.17, 15) is 9.59 Å². The lowest BCUT2D eigenvalue weighted by Gasteiger charge is -2.21. The Bertz CT molecular complexity index is 1080. The smallest absolute Gasteiger partial charge is 0.341 e. The molecule has 2 heterocycles. The maximum atomic E-state index is 12.9. The van der Waals surface area contributed by atoms with Crippen LogP contribution in [-0.2, 0) is 18.3 Å². The van der Waals surface area contributed by atoms with Crippen LogP contribution in [0.5, 0.6) is 5.75 Å². The third-order valence-electron chi connectivity index (χ3n) is 4.81. The number of hydrogen-bond donors (Lipinski definition) is 0. The predicted molar refractivity (Wildman–Crippen MR) is 111 cm³/mol. The van der Waals surface area contributed by atoms with Crippen LogP contribution in [0.4, 0.5) is 5.69 Å². The number of anilines is 1. The van der Waals surface area contributed by atoms with E-state index in [0.29, 0.717) is 23.4 Å². The third-order valence-corrected chi connectivity index (χ3v) is 4.81. The van der Waals surface area contributed by atoms with Gasteiger partial charge in [0.25, 0.3) is 0 Å². The van der Waals surface area contributed by atoms with Crippen LogP contribution in [0.3, 0.4) is 0 Å². The quantitative estimate of drug-likeness (QED) is 0.600. The summed E-state index contributed by atoms with van der Waals surface area (Å²) in [6.45, 7) is 3.41. The Morgan fingerprint density at radius 3 is 2.57 bits per heavy atom. The average molecular weight is 382 g/mol. The highest BCUT2D eigenvalue weighted by molar-refractivity contribution is 5.89. The minimum absolute atomic E-state index is 0.267. The molecule has 3 aromatic rings. The van der Waals surface area contributed by atoms with Crippen LogP contribution in [0.15, 0.2) is 39.5 Å². The van der Waals surface area contributed by atoms with Crippen molar-refractivity contribution in [3.05, 3.63) is 46.3 Å². The molecule has 0 aliphatic heterocycles. The first-order chi connectivity index (χ1) is 13.3. The molecule has 3 rings (SSSR count). The minimum Gasteiger partial charge on any atom is -0.420 e. The van der Waals surface area contributed by atoms with E-state index in [1.54, 1.807) is 0 Å². The first-order valence-electron chi connectivity index (χ1n) is 9.45. The summed E-state index contributed by atoms with van der Waals surface area (Å²) in [4.78, 5) is 26.5. The van der Waals surface area contributed by atoms with Crippen LogP contribution in [0.2, 0.25) is 0 Å². The van der Waals surface area contributed by atoms with Gasteiger partial charge in [0.2, 0.25) is 0 Å². The molecule has 0 aliphatic rings. The van der Waals surface area contributed by atoms with Crippen LogP contribution in [0, 0.1) is 0 Å². The SMILES string of the molecule is CCCCc1c(N(C)C)c(OC(C)=O)c(-c2cc3ccccc3n2C)oc1=O. The zero-order chi connectivity index (χ0) is 20.4. The van der Waals surface area contributed by atoms with E-state index >= 15 is 0 Å². The summed E-state index contributed by atoms with van der Waals surface area (Å²) in [7, 11) is 5.57. The van der Waals surface area contributed by atoms with Crippen molar-refractivity contribution >= 4 is 22.6 Å². The lowest BCUT2D eigenvalue weighted by molar-refractivity contribution is -0.131. The number of nitrogens with zero attached hydrogens (tertiary/aromatic N) is 2. The summed E-state index contributed by atoms with van der Waals surface area (Å²) >= 11 is 0. The topological polar surface area (TPSA) is 64.7 Å². The molecule has 0 radical (unpaired) electrons. The van der Waals surface area contributed by atoms with Crippen LogP contribution in [-0.4, -0.2) is 24.6 Å². The third kappa shape index (κ3) is 3.54. The molecule has 148 valence electrons. The maximum absolute atomic E-state index is 12.9. The van der Waals surface area contributed by atoms with Gasteiger partial charge in [-0.25, -0.2) is 4.79 Å². The highest BCUT2D eigenvalue weighted by atomic mass is 16.5. The molecule has 6 nitrogen and oxygen atoms in total. The van der Waals surface area contributed by atoms with Crippen molar-refractivity contribution < 1.29 is 13.9 Å². The first-order valence-corrected chi connectivity index (χ1v) is 9.45. The van der Waals surface area contributed by atoms with E-state index in [1.165, 1.54) is 6.92 Å². The standard InChI is InChI=1S/C22H26N2O4/c1-6-7-11-16-19(23(3)4)21(27-14(2)25)20(28-22(16)26)18-13-15-10-8-9-12-17(15)24(18)5/h8-10,12-13H,6-7,11H2,1-5H3. The summed E-state index contributed by atoms with van der Waals surface area (Å²) in [5.74, 6) is 0.0929. The average Bonchev–Trinajstić information content (AvgIpc) is 2.97. The van der Waals surface area contributed by atoms with Crippen LogP contribution >= 0.6 is 0 Å². The van der Waals surface area contributed by atoms with Crippen LogP contribution in [0.1, 0.15) is 32.3 Å². The van der Waals surface area contributed by atoms with Gasteiger partial charge in [-0.05, 0) is 25.0 Å². The number of aromatic nitrogens is 1. The highest BCUT2D eigenvalue weighted by Gasteiger charge is 2.26. The van der Waals surface area contributed by atoms with Crippen molar-refractivity contribution in [2.45, 2.75) is 33.1 Å². The van der Waals surface area contributed by atoms with Gasteiger partial charge in [-0.3, -0.25) is 4.79 Å². The number of benzene rings is 1. The van der Waals surface area contributed by atoms with Gasteiger partial charge < -0.3 is 18.6 Å². The summed E-state index contributed by atoms with van der Waals surface area (Å²) in [5.41, 5.74) is 2.41. The second-order valence-corrected chi connectivity index (χ2v) is 7.11. The predicted octanol–water partition coefficient (Wildman–Crippen LogP) is 4.13. The maximum Gasteiger partial charge on any atom is 0.341 e. The van der Waals surface area contributed by atoms with Crippen molar-refractivity contribution in [2.75, 3.05) is 19.0 Å². The van der Waals surface area contributed by atoms with Gasteiger partial charge in [0.1, 0.15) is 0 Å². The second kappa shape index (κ2) is 7.92. The molecular weight excluding hydrogens is 356 g/mol. The number of carbonyl (C=O) groups excluding carboxylic acids is 1. The summed E-state index contributed by atoms with van der Waals surface area (Å²) in [5, 5.41) is 1.01. The Kier molecular flexibility index (Phi) is 5.58. The van der Waals surface area contributed by atoms with Gasteiger partial charge in [-0.15, -0.1) is 0 Å². The molecule has 0 atom stereocenters. The Hall–Kier alpha value is -3.02. The number of para-hydroxylation sites is 1. The van der Waals surface area contributed by atoms with Crippen LogP contribution < -0.4 is 15.3 Å². The minimum atomic E-state index is -0.460. The Morgan fingerprint density at radius 1 is 1.25 bits per heavy atom. The molecule has 0 fully saturated rings. The van der Waals surface area contributed by atoms with E-state index in [1.807, 2.05) is 60.9 Å². The fourth-order valence-corrected chi connectivity index (χ4v) is 3.50. The number of ether oxygens (including phenoxy) is 1. The summed E-state index contributed by atoms with van der Waals surface area (Å²) < 4.78 is 13.3. The number of fused-ring (bicyclic) bond motifs is 1. The number of hydrogen-bond acceptors (Lipinski definition) is 5. The Morgan fingerprint density at radius 2 is 1.96 bits per heavy atom. The molecule has 1 aromatic carbocycles. The number of carbonyl (C=O) groups is 1. The van der Waals surface area contributed by atoms with Gasteiger partial charge >= 0.3 is 11.6 Å². The fraction of sp³-hybridized carbons (Fsp3) is 0.364. The lowest BCUT2D eigenvalue weighted by Crippen LogP contribution is -2.21. The van der Waals surface area contributed by atoms with E-state index in [0.717, 1.165) is 23.7 Å². The second-order valence-electron chi connectivity index (χ2n) is 7.11. The van der Waals surface area contributed by atoms with Crippen molar-refractivity contribution in [2.24, 2.45) is 7.05 Å². The Labute approximate surface area is 164 Å². The van der Waals surface area contributed by atoms with Gasteiger partial charge in [0.15, 0.2) is 11.5 Å². The molecule has 0 bridgehead atoms. The number of aryl methyl sites for hydroxylation is 1. The normalized spacial score (nSPS) is 11.0. The molecule has 2 aromatic heterocycles. The zero-order valence-corrected chi connectivity index (χ0v) is 17.0. The molecule has 0 saturated heterocycles. The zero-order valence-electron chi connectivity index (χ0n) is 17.0. The van der Waals surface area contributed by atoms with Gasteiger partial charge in [-0.1, -0.05) is 31.5 Å². The molecule has 28 heavy (non-hydrogen) atoms. The van der Waals surface area contributed by atoms with Gasteiger partial charge in [-0.2, -0.15) is 0 Å². The van der Waals surface area contributed by atoms with Gasteiger partial charge in [0.05, 0.1) is 16.9 Å². The van der Waals surface area contributed by atoms with E-state index < -0.39 is 11.6 Å². The van der Waals surface area contributed by atoms with Crippen molar-refractivity contribution in [1.29, 1.82) is 0 Å². The number of unbranched alkanes of at least 4 members (excludes halogenated alkanes) is 1. The molecule has 0 aliphatic carbocycles. The van der Waals surface area contributed by atoms with Crippen molar-refractivity contribution in [3.8, 4) is 17.2 Å². The number of esters is 1. The van der Waals surface area contributed by atoms with E-state index in [2.05, 4.69) is 6.92 Å². The molecule has 0 unspecified atom stereocenters. The number of rotatable bonds is 6. The summed E-state index contributed by atoms with van der Waals surface area (Å²) in [6.07, 6.45) is 2.36. The first kappa shape index (κ1) is 19.7. The molecule has 0 spiro atoms. The largest absolute Gasteiger partial charge is 0.420 e. The Balaban J connectivity index is 2.34. The molecule has 0 amide bonds. The van der Waals surface area contributed by atoms with Crippen molar-refractivity contribution in [1.82, 2.24) is 4.57 Å². The molecule has 6 heteroatoms. The molecule has 0 saturated carbocycles. The van der Waals surface area contributed by atoms with Gasteiger partial charge in [0, 0.05) is 39.0 Å². The summed E-state index contributed by atoms with van der Waals surface area (Å²) in [6, 6.07) is 9.82. The van der Waals surface area contributed by atoms with E-state index in [-0.39, 0.29) is 11.5 Å². The molecular formula is C22H26N2O4. The highest BCUT2D eigenvalue weighted by Crippen LogP contribution is 2.41. The fourth-order valence-electron chi connectivity index (χ4n) is 3.50. The van der Waals surface area contributed by atoms with E-state index in [4.69, 9.17) is 9.15 Å².